The number of nitrogens with zero attached hydrogens (tertiary/aromatic N) is 3. The van der Waals surface area contributed by atoms with Crippen molar-refractivity contribution in [3.63, 3.8) is 0 Å². The molecule has 1 aromatic heterocycles. The molecule has 2 aromatic carbocycles. The van der Waals surface area contributed by atoms with Crippen molar-refractivity contribution >= 4 is 11.6 Å². The molecule has 0 atom stereocenters. The first kappa shape index (κ1) is 16.3. The molecule has 0 aliphatic carbocycles. The van der Waals surface area contributed by atoms with Gasteiger partial charge in [-0.15, -0.1) is 0 Å². The Labute approximate surface area is 150 Å². The molecular weight excluding hydrogens is 333 g/mol. The van der Waals surface area contributed by atoms with Crippen molar-refractivity contribution in [3.8, 4) is 11.3 Å². The topological polar surface area (TPSA) is 49.6 Å². The minimum atomic E-state index is -0.247. The van der Waals surface area contributed by atoms with Crippen LogP contribution in [0, 0.1) is 5.82 Å². The molecule has 1 amide bonds. The van der Waals surface area contributed by atoms with Crippen LogP contribution in [-0.2, 0) is 0 Å². The lowest BCUT2D eigenvalue weighted by atomic mass is 10.1. The second kappa shape index (κ2) is 7.00. The number of rotatable bonds is 3. The summed E-state index contributed by atoms with van der Waals surface area (Å²) in [7, 11) is 0. The average molecular weight is 351 g/mol. The van der Waals surface area contributed by atoms with Gasteiger partial charge in [-0.05, 0) is 24.3 Å². The third-order valence-corrected chi connectivity index (χ3v) is 4.60. The number of carbonyl (C=O) groups is 1. The van der Waals surface area contributed by atoms with Gasteiger partial charge in [-0.25, -0.2) is 4.39 Å². The summed E-state index contributed by atoms with van der Waals surface area (Å²) in [5.74, 6) is 0.170. The monoisotopic (exact) mass is 351 g/mol. The molecule has 0 bridgehead atoms. The Hall–Kier alpha value is -3.15. The minimum Gasteiger partial charge on any atom is -0.368 e. The van der Waals surface area contributed by atoms with Crippen LogP contribution in [0.2, 0.25) is 0 Å². The summed E-state index contributed by atoms with van der Waals surface area (Å²) in [5.41, 5.74) is 2.28. The fourth-order valence-electron chi connectivity index (χ4n) is 3.18. The zero-order valence-corrected chi connectivity index (χ0v) is 14.1. The molecule has 0 radical (unpaired) electrons. The first-order valence-electron chi connectivity index (χ1n) is 8.52. The van der Waals surface area contributed by atoms with Crippen molar-refractivity contribution in [1.29, 1.82) is 0 Å². The summed E-state index contributed by atoms with van der Waals surface area (Å²) in [6.45, 7) is 2.58. The van der Waals surface area contributed by atoms with Crippen LogP contribution in [-0.4, -0.2) is 42.1 Å². The number of hydrogen-bond donors (Lipinski definition) is 0. The van der Waals surface area contributed by atoms with Crippen molar-refractivity contribution in [2.75, 3.05) is 31.1 Å². The van der Waals surface area contributed by atoms with E-state index in [1.807, 2.05) is 30.3 Å². The largest absolute Gasteiger partial charge is 0.368 e. The number of anilines is 1. The summed E-state index contributed by atoms with van der Waals surface area (Å²) in [4.78, 5) is 16.9. The minimum absolute atomic E-state index is 0.0798. The average Bonchev–Trinajstić information content (AvgIpc) is 3.19. The normalized spacial score (nSPS) is 14.5. The van der Waals surface area contributed by atoms with Crippen LogP contribution in [0.1, 0.15) is 10.4 Å². The van der Waals surface area contributed by atoms with Crippen molar-refractivity contribution in [1.82, 2.24) is 10.1 Å². The highest BCUT2D eigenvalue weighted by atomic mass is 19.1. The molecule has 0 spiro atoms. The van der Waals surface area contributed by atoms with Gasteiger partial charge in [-0.3, -0.25) is 4.79 Å². The molecule has 0 saturated carbocycles. The lowest BCUT2D eigenvalue weighted by molar-refractivity contribution is 0.0747. The number of aromatic nitrogens is 1. The molecule has 1 aliphatic heterocycles. The second-order valence-corrected chi connectivity index (χ2v) is 6.19. The van der Waals surface area contributed by atoms with E-state index in [2.05, 4.69) is 10.1 Å². The van der Waals surface area contributed by atoms with Gasteiger partial charge >= 0.3 is 0 Å². The Kier molecular flexibility index (Phi) is 4.39. The fourth-order valence-corrected chi connectivity index (χ4v) is 3.18. The van der Waals surface area contributed by atoms with Crippen molar-refractivity contribution in [2.45, 2.75) is 0 Å². The first-order chi connectivity index (χ1) is 12.7. The van der Waals surface area contributed by atoms with E-state index in [1.165, 1.54) is 18.3 Å². The maximum Gasteiger partial charge on any atom is 0.259 e. The van der Waals surface area contributed by atoms with E-state index >= 15 is 0 Å². The molecule has 2 heterocycles. The Bertz CT molecular complexity index is 885. The first-order valence-corrected chi connectivity index (χ1v) is 8.52. The lowest BCUT2D eigenvalue weighted by Gasteiger charge is -2.36. The maximum absolute atomic E-state index is 13.1. The van der Waals surface area contributed by atoms with Gasteiger partial charge in [0.1, 0.15) is 11.4 Å². The number of benzene rings is 2. The molecule has 0 N–H and O–H groups in total. The van der Waals surface area contributed by atoms with E-state index in [-0.39, 0.29) is 11.7 Å². The third-order valence-electron chi connectivity index (χ3n) is 4.60. The number of hydrogen-bond acceptors (Lipinski definition) is 4. The number of amides is 1. The molecule has 5 nitrogen and oxygen atoms in total. The van der Waals surface area contributed by atoms with E-state index in [0.717, 1.165) is 11.3 Å². The molecule has 26 heavy (non-hydrogen) atoms. The van der Waals surface area contributed by atoms with Crippen LogP contribution < -0.4 is 4.90 Å². The van der Waals surface area contributed by atoms with E-state index in [1.54, 1.807) is 17.0 Å². The zero-order valence-electron chi connectivity index (χ0n) is 14.1. The summed E-state index contributed by atoms with van der Waals surface area (Å²) >= 11 is 0. The van der Waals surface area contributed by atoms with Gasteiger partial charge in [0, 0.05) is 37.4 Å². The summed E-state index contributed by atoms with van der Waals surface area (Å²) < 4.78 is 18.4. The maximum atomic E-state index is 13.1. The van der Waals surface area contributed by atoms with Gasteiger partial charge in [-0.1, -0.05) is 35.5 Å². The molecule has 1 fully saturated rings. The Balaban J connectivity index is 1.46. The van der Waals surface area contributed by atoms with Crippen molar-refractivity contribution in [2.24, 2.45) is 0 Å². The smallest absolute Gasteiger partial charge is 0.259 e. The summed E-state index contributed by atoms with van der Waals surface area (Å²) in [5, 5.41) is 3.82. The predicted molar refractivity (Wildman–Crippen MR) is 96.5 cm³/mol. The van der Waals surface area contributed by atoms with Gasteiger partial charge < -0.3 is 14.3 Å². The highest BCUT2D eigenvalue weighted by Crippen LogP contribution is 2.25. The molecule has 6 heteroatoms. The quantitative estimate of drug-likeness (QED) is 0.725. The Morgan fingerprint density at radius 2 is 1.65 bits per heavy atom. The van der Waals surface area contributed by atoms with Crippen LogP contribution in [0.3, 0.4) is 0 Å². The molecule has 3 aromatic rings. The zero-order chi connectivity index (χ0) is 17.9. The van der Waals surface area contributed by atoms with Crippen LogP contribution in [0.5, 0.6) is 0 Å². The Morgan fingerprint density at radius 1 is 0.962 bits per heavy atom. The van der Waals surface area contributed by atoms with Crippen LogP contribution in [0.15, 0.2) is 65.3 Å². The Morgan fingerprint density at radius 3 is 2.35 bits per heavy atom. The number of piperazine rings is 1. The molecule has 1 saturated heterocycles. The van der Waals surface area contributed by atoms with Crippen LogP contribution >= 0.6 is 0 Å². The predicted octanol–water partition coefficient (Wildman–Crippen LogP) is 3.44. The summed E-state index contributed by atoms with van der Waals surface area (Å²) in [6.07, 6.45) is 1.48. The standard InChI is InChI=1S/C20H18FN3O2/c21-16-6-8-17(9-7-16)23-10-12-24(13-11-23)20(25)18-14-22-26-19(18)15-4-2-1-3-5-15/h1-9,14H,10-13H2. The van der Waals surface area contributed by atoms with Gasteiger partial charge in [0.15, 0.2) is 5.76 Å². The van der Waals surface area contributed by atoms with Crippen molar-refractivity contribution in [3.05, 3.63) is 72.2 Å². The summed E-state index contributed by atoms with van der Waals surface area (Å²) in [6, 6.07) is 15.9. The lowest BCUT2D eigenvalue weighted by Crippen LogP contribution is -2.48. The highest BCUT2D eigenvalue weighted by molar-refractivity contribution is 5.99. The van der Waals surface area contributed by atoms with E-state index in [9.17, 15) is 9.18 Å². The number of halogens is 1. The third kappa shape index (κ3) is 3.18. The SMILES string of the molecule is O=C(c1cnoc1-c1ccccc1)N1CCN(c2ccc(F)cc2)CC1. The molecular formula is C20H18FN3O2. The van der Waals surface area contributed by atoms with Gasteiger partial charge in [0.2, 0.25) is 0 Å². The van der Waals surface area contributed by atoms with Crippen LogP contribution in [0.25, 0.3) is 11.3 Å². The van der Waals surface area contributed by atoms with E-state index in [4.69, 9.17) is 4.52 Å². The molecule has 1 aliphatic rings. The van der Waals surface area contributed by atoms with E-state index < -0.39 is 0 Å². The molecule has 0 unspecified atom stereocenters. The van der Waals surface area contributed by atoms with Gasteiger partial charge in [-0.2, -0.15) is 0 Å². The van der Waals surface area contributed by atoms with E-state index in [0.29, 0.717) is 37.5 Å². The number of carbonyl (C=O) groups excluding carboxylic acids is 1. The van der Waals surface area contributed by atoms with Crippen molar-refractivity contribution < 1.29 is 13.7 Å². The second-order valence-electron chi connectivity index (χ2n) is 6.19. The highest BCUT2D eigenvalue weighted by Gasteiger charge is 2.26. The fraction of sp³-hybridized carbons (Fsp3) is 0.200. The van der Waals surface area contributed by atoms with Gasteiger partial charge in [0.05, 0.1) is 6.20 Å². The van der Waals surface area contributed by atoms with Crippen LogP contribution in [0.4, 0.5) is 10.1 Å². The molecule has 132 valence electrons. The van der Waals surface area contributed by atoms with Gasteiger partial charge in [0.25, 0.3) is 5.91 Å². The molecule has 4 rings (SSSR count).